The highest BCUT2D eigenvalue weighted by Crippen LogP contribution is 2.31. The van der Waals surface area contributed by atoms with Gasteiger partial charge in [-0.1, -0.05) is 0 Å². The van der Waals surface area contributed by atoms with Gasteiger partial charge < -0.3 is 14.2 Å². The summed E-state index contributed by atoms with van der Waals surface area (Å²) in [6.07, 6.45) is 2.96. The summed E-state index contributed by atoms with van der Waals surface area (Å²) in [4.78, 5) is 11.9. The minimum Gasteiger partial charge on any atom is -0.496 e. The molecule has 0 saturated carbocycles. The van der Waals surface area contributed by atoms with Crippen LogP contribution in [0.5, 0.6) is 17.2 Å². The first-order valence-corrected chi connectivity index (χ1v) is 9.09. The maximum atomic E-state index is 11.9. The Morgan fingerprint density at radius 3 is 2.62 bits per heavy atom. The SMILES string of the molecule is COc1cc(OC)c(C=NNC(=O)COc2ccc(-n3cnnn3)cc2)cc1Br. The summed E-state index contributed by atoms with van der Waals surface area (Å²) >= 11 is 3.40. The minimum absolute atomic E-state index is 0.189. The van der Waals surface area contributed by atoms with E-state index in [0.717, 1.165) is 10.2 Å². The van der Waals surface area contributed by atoms with Gasteiger partial charge >= 0.3 is 0 Å². The number of hydrogen-bond acceptors (Lipinski definition) is 8. The lowest BCUT2D eigenvalue weighted by Crippen LogP contribution is -2.24. The van der Waals surface area contributed by atoms with Crippen molar-refractivity contribution in [2.75, 3.05) is 20.8 Å². The molecule has 1 heterocycles. The second kappa shape index (κ2) is 9.64. The van der Waals surface area contributed by atoms with Crippen LogP contribution in [0.2, 0.25) is 0 Å². The zero-order valence-corrected chi connectivity index (χ0v) is 17.2. The monoisotopic (exact) mass is 460 g/mol. The van der Waals surface area contributed by atoms with Crippen LogP contribution >= 0.6 is 15.9 Å². The third-order valence-corrected chi connectivity index (χ3v) is 4.34. The maximum Gasteiger partial charge on any atom is 0.277 e. The number of aromatic nitrogens is 4. The van der Waals surface area contributed by atoms with Crippen molar-refractivity contribution in [3.05, 3.63) is 52.8 Å². The minimum atomic E-state index is -0.405. The number of benzene rings is 2. The van der Waals surface area contributed by atoms with Gasteiger partial charge in [0.2, 0.25) is 0 Å². The summed E-state index contributed by atoms with van der Waals surface area (Å²) < 4.78 is 18.2. The summed E-state index contributed by atoms with van der Waals surface area (Å²) in [6.45, 7) is -0.189. The Morgan fingerprint density at radius 1 is 1.21 bits per heavy atom. The molecule has 11 heteroatoms. The molecule has 0 aliphatic rings. The Balaban J connectivity index is 1.53. The van der Waals surface area contributed by atoms with Crippen LogP contribution in [0.4, 0.5) is 0 Å². The molecule has 0 aliphatic heterocycles. The number of nitrogens with one attached hydrogen (secondary N) is 1. The molecule has 1 amide bonds. The lowest BCUT2D eigenvalue weighted by molar-refractivity contribution is -0.123. The number of hydrazone groups is 1. The largest absolute Gasteiger partial charge is 0.496 e. The predicted molar refractivity (Wildman–Crippen MR) is 108 cm³/mol. The van der Waals surface area contributed by atoms with Crippen LogP contribution in [0, 0.1) is 0 Å². The number of amides is 1. The van der Waals surface area contributed by atoms with Crippen LogP contribution in [0.1, 0.15) is 5.56 Å². The maximum absolute atomic E-state index is 11.9. The number of rotatable bonds is 8. The third-order valence-electron chi connectivity index (χ3n) is 3.72. The fourth-order valence-electron chi connectivity index (χ4n) is 2.31. The van der Waals surface area contributed by atoms with Crippen LogP contribution in [0.25, 0.3) is 5.69 Å². The van der Waals surface area contributed by atoms with Crippen molar-refractivity contribution < 1.29 is 19.0 Å². The molecule has 0 unspecified atom stereocenters. The van der Waals surface area contributed by atoms with Gasteiger partial charge in [0.15, 0.2) is 6.61 Å². The number of halogens is 1. The van der Waals surface area contributed by atoms with Crippen molar-refractivity contribution in [2.24, 2.45) is 5.10 Å². The third kappa shape index (κ3) is 5.29. The van der Waals surface area contributed by atoms with Crippen LogP contribution in [0.15, 0.2) is 52.3 Å². The highest BCUT2D eigenvalue weighted by atomic mass is 79.9. The first-order chi connectivity index (χ1) is 14.1. The van der Waals surface area contributed by atoms with E-state index in [1.807, 2.05) is 0 Å². The van der Waals surface area contributed by atoms with E-state index in [2.05, 4.69) is 42.0 Å². The Labute approximate surface area is 174 Å². The van der Waals surface area contributed by atoms with Crippen molar-refractivity contribution in [3.63, 3.8) is 0 Å². The molecule has 29 heavy (non-hydrogen) atoms. The standard InChI is InChI=1S/C18H17BrN6O4/c1-27-16-8-17(28-2)15(19)7-12(16)9-20-22-18(26)10-29-14-5-3-13(4-6-14)25-11-21-23-24-25/h3-9,11H,10H2,1-2H3,(H,22,26). The van der Waals surface area contributed by atoms with E-state index in [1.54, 1.807) is 43.5 Å². The van der Waals surface area contributed by atoms with Crippen LogP contribution < -0.4 is 19.6 Å². The molecule has 150 valence electrons. The summed E-state index contributed by atoms with van der Waals surface area (Å²) in [5.41, 5.74) is 3.85. The van der Waals surface area contributed by atoms with Crippen molar-refractivity contribution in [1.29, 1.82) is 0 Å². The summed E-state index contributed by atoms with van der Waals surface area (Å²) in [5.74, 6) is 1.31. The molecule has 0 bridgehead atoms. The average Bonchev–Trinajstić information content (AvgIpc) is 3.28. The molecule has 0 atom stereocenters. The quantitative estimate of drug-likeness (QED) is 0.403. The van der Waals surface area contributed by atoms with Gasteiger partial charge in [-0.25, -0.2) is 10.1 Å². The lowest BCUT2D eigenvalue weighted by atomic mass is 10.2. The average molecular weight is 461 g/mol. The van der Waals surface area contributed by atoms with E-state index in [4.69, 9.17) is 14.2 Å². The first kappa shape index (κ1) is 20.3. The van der Waals surface area contributed by atoms with Crippen molar-refractivity contribution in [1.82, 2.24) is 25.6 Å². The second-order valence-corrected chi connectivity index (χ2v) is 6.41. The highest BCUT2D eigenvalue weighted by Gasteiger charge is 2.08. The van der Waals surface area contributed by atoms with E-state index >= 15 is 0 Å². The molecule has 3 aromatic rings. The van der Waals surface area contributed by atoms with E-state index in [-0.39, 0.29) is 6.61 Å². The van der Waals surface area contributed by atoms with Crippen molar-refractivity contribution >= 4 is 28.1 Å². The molecule has 0 fully saturated rings. The molecule has 0 spiro atoms. The van der Waals surface area contributed by atoms with Gasteiger partial charge in [-0.15, -0.1) is 5.10 Å². The van der Waals surface area contributed by atoms with Gasteiger partial charge in [0.25, 0.3) is 5.91 Å². The summed E-state index contributed by atoms with van der Waals surface area (Å²) in [6, 6.07) is 10.5. The number of tetrazole rings is 1. The Kier molecular flexibility index (Phi) is 6.74. The van der Waals surface area contributed by atoms with E-state index < -0.39 is 5.91 Å². The number of methoxy groups -OCH3 is 2. The fourth-order valence-corrected chi connectivity index (χ4v) is 2.84. The molecule has 0 aliphatic carbocycles. The van der Waals surface area contributed by atoms with E-state index in [9.17, 15) is 4.79 Å². The molecule has 0 saturated heterocycles. The number of hydrogen-bond donors (Lipinski definition) is 1. The molecule has 3 rings (SSSR count). The zero-order valence-electron chi connectivity index (χ0n) is 15.6. The number of carbonyl (C=O) groups excluding carboxylic acids is 1. The Morgan fingerprint density at radius 2 is 1.97 bits per heavy atom. The predicted octanol–water partition coefficient (Wildman–Crippen LogP) is 1.97. The highest BCUT2D eigenvalue weighted by molar-refractivity contribution is 9.10. The van der Waals surface area contributed by atoms with Crippen LogP contribution in [0.3, 0.4) is 0 Å². The number of carbonyl (C=O) groups is 1. The summed E-state index contributed by atoms with van der Waals surface area (Å²) in [7, 11) is 3.10. The van der Waals surface area contributed by atoms with Gasteiger partial charge in [-0.3, -0.25) is 4.79 Å². The van der Waals surface area contributed by atoms with Gasteiger partial charge in [-0.05, 0) is 56.7 Å². The molecule has 10 nitrogen and oxygen atoms in total. The van der Waals surface area contributed by atoms with Crippen molar-refractivity contribution in [3.8, 4) is 22.9 Å². The van der Waals surface area contributed by atoms with E-state index in [0.29, 0.717) is 22.8 Å². The molecular formula is C18H17BrN6O4. The molecular weight excluding hydrogens is 444 g/mol. The molecule has 0 radical (unpaired) electrons. The van der Waals surface area contributed by atoms with Crippen LogP contribution in [-0.4, -0.2) is 53.2 Å². The lowest BCUT2D eigenvalue weighted by Gasteiger charge is -2.09. The Hall–Kier alpha value is -3.47. The van der Waals surface area contributed by atoms with Gasteiger partial charge in [-0.2, -0.15) is 5.10 Å². The Bertz CT molecular complexity index is 992. The number of ether oxygens (including phenoxy) is 3. The smallest absolute Gasteiger partial charge is 0.277 e. The molecule has 1 N–H and O–H groups in total. The topological polar surface area (TPSA) is 113 Å². The van der Waals surface area contributed by atoms with E-state index in [1.165, 1.54) is 24.3 Å². The molecule has 1 aromatic heterocycles. The van der Waals surface area contributed by atoms with Gasteiger partial charge in [0.05, 0.1) is 30.6 Å². The van der Waals surface area contributed by atoms with Crippen LogP contribution in [-0.2, 0) is 4.79 Å². The number of nitrogens with zero attached hydrogens (tertiary/aromatic N) is 5. The normalized spacial score (nSPS) is 10.7. The molecule has 2 aromatic carbocycles. The zero-order chi connectivity index (χ0) is 20.6. The summed E-state index contributed by atoms with van der Waals surface area (Å²) in [5, 5.41) is 14.9. The van der Waals surface area contributed by atoms with Gasteiger partial charge in [0, 0.05) is 11.6 Å². The van der Waals surface area contributed by atoms with Gasteiger partial charge in [0.1, 0.15) is 23.6 Å². The van der Waals surface area contributed by atoms with Crippen molar-refractivity contribution in [2.45, 2.75) is 0 Å². The first-order valence-electron chi connectivity index (χ1n) is 8.30. The fraction of sp³-hybridized carbons (Fsp3) is 0.167. The second-order valence-electron chi connectivity index (χ2n) is 5.56.